The van der Waals surface area contributed by atoms with E-state index in [0.29, 0.717) is 35.2 Å². The highest BCUT2D eigenvalue weighted by atomic mass is 32.2. The Bertz CT molecular complexity index is 1290. The van der Waals surface area contributed by atoms with Crippen molar-refractivity contribution in [2.24, 2.45) is 0 Å². The fraction of sp³-hybridized carbons (Fsp3) is 0.250. The van der Waals surface area contributed by atoms with Gasteiger partial charge in [0.2, 0.25) is 11.1 Å². The van der Waals surface area contributed by atoms with Crippen molar-refractivity contribution in [2.75, 3.05) is 17.7 Å². The number of carbonyl (C=O) groups is 1. The number of hydrogen-bond acceptors (Lipinski definition) is 6. The number of carbonyl (C=O) groups excluding carboxylic acids is 1. The molecule has 0 unspecified atom stereocenters. The normalized spacial score (nSPS) is 11.0. The first-order valence-corrected chi connectivity index (χ1v) is 11.5. The van der Waals surface area contributed by atoms with Gasteiger partial charge in [0, 0.05) is 23.5 Å². The predicted octanol–water partition coefficient (Wildman–Crippen LogP) is 4.60. The second-order valence-corrected chi connectivity index (χ2v) is 8.37. The van der Waals surface area contributed by atoms with Crippen LogP contribution < -0.4 is 10.1 Å². The molecule has 0 aliphatic heterocycles. The van der Waals surface area contributed by atoms with Crippen molar-refractivity contribution in [3.63, 3.8) is 0 Å². The van der Waals surface area contributed by atoms with Gasteiger partial charge < -0.3 is 10.1 Å². The van der Waals surface area contributed by atoms with Crippen molar-refractivity contribution in [1.82, 2.24) is 19.6 Å². The minimum atomic E-state index is -0.246. The van der Waals surface area contributed by atoms with Crippen LogP contribution in [0, 0.1) is 19.7 Å². The van der Waals surface area contributed by atoms with E-state index in [4.69, 9.17) is 4.74 Å². The van der Waals surface area contributed by atoms with E-state index in [-0.39, 0.29) is 17.5 Å². The molecule has 4 aromatic rings. The summed E-state index contributed by atoms with van der Waals surface area (Å²) in [4.78, 5) is 21.3. The first-order chi connectivity index (χ1) is 15.9. The Labute approximate surface area is 195 Å². The Morgan fingerprint density at radius 1 is 1.12 bits per heavy atom. The van der Waals surface area contributed by atoms with Crippen LogP contribution in [0.15, 0.2) is 53.7 Å². The van der Waals surface area contributed by atoms with Gasteiger partial charge in [0.1, 0.15) is 11.6 Å². The predicted molar refractivity (Wildman–Crippen MR) is 126 cm³/mol. The molecule has 170 valence electrons. The molecular weight excluding hydrogens is 441 g/mol. The summed E-state index contributed by atoms with van der Waals surface area (Å²) >= 11 is 1.23. The highest BCUT2D eigenvalue weighted by molar-refractivity contribution is 7.99. The van der Waals surface area contributed by atoms with Crippen LogP contribution in [0.25, 0.3) is 5.78 Å². The number of nitrogens with zero attached hydrogens (tertiary/aromatic N) is 4. The maximum atomic E-state index is 14.1. The van der Waals surface area contributed by atoms with E-state index >= 15 is 0 Å². The number of amides is 1. The summed E-state index contributed by atoms with van der Waals surface area (Å²) in [5.41, 5.74) is 3.82. The Hall–Kier alpha value is -3.46. The number of nitrogens with one attached hydrogen (secondary N) is 1. The van der Waals surface area contributed by atoms with Gasteiger partial charge in [-0.3, -0.25) is 4.79 Å². The van der Waals surface area contributed by atoms with Gasteiger partial charge in [-0.25, -0.2) is 13.9 Å². The zero-order chi connectivity index (χ0) is 23.4. The van der Waals surface area contributed by atoms with Gasteiger partial charge in [-0.15, -0.1) is 5.10 Å². The molecule has 0 bridgehead atoms. The minimum absolute atomic E-state index is 0.157. The number of aryl methyl sites for hydroxylation is 2. The maximum absolute atomic E-state index is 14.1. The van der Waals surface area contributed by atoms with E-state index in [9.17, 15) is 9.18 Å². The Morgan fingerprint density at radius 3 is 2.61 bits per heavy atom. The number of hydrogen-bond donors (Lipinski definition) is 1. The molecular formula is C24H24FN5O2S. The second kappa shape index (κ2) is 9.99. The summed E-state index contributed by atoms with van der Waals surface area (Å²) in [5.74, 6) is 0.960. The largest absolute Gasteiger partial charge is 0.494 e. The molecule has 33 heavy (non-hydrogen) atoms. The monoisotopic (exact) mass is 465 g/mol. The zero-order valence-electron chi connectivity index (χ0n) is 18.6. The first kappa shape index (κ1) is 22.7. The lowest BCUT2D eigenvalue weighted by atomic mass is 10.0. The molecule has 0 radical (unpaired) electrons. The highest BCUT2D eigenvalue weighted by Crippen LogP contribution is 2.22. The quantitative estimate of drug-likeness (QED) is 0.383. The fourth-order valence-corrected chi connectivity index (χ4v) is 4.09. The second-order valence-electron chi connectivity index (χ2n) is 7.43. The van der Waals surface area contributed by atoms with Crippen molar-refractivity contribution >= 4 is 29.1 Å². The van der Waals surface area contributed by atoms with Gasteiger partial charge in [0.15, 0.2) is 0 Å². The first-order valence-electron chi connectivity index (χ1n) is 10.6. The van der Waals surface area contributed by atoms with E-state index in [0.717, 1.165) is 22.7 Å². The van der Waals surface area contributed by atoms with Crippen LogP contribution in [0.1, 0.15) is 29.4 Å². The van der Waals surface area contributed by atoms with Crippen molar-refractivity contribution in [2.45, 2.75) is 32.3 Å². The van der Waals surface area contributed by atoms with Crippen LogP contribution in [0.5, 0.6) is 5.75 Å². The topological polar surface area (TPSA) is 81.4 Å². The molecule has 2 aromatic heterocycles. The number of thioether (sulfide) groups is 1. The molecule has 0 saturated carbocycles. The van der Waals surface area contributed by atoms with E-state index in [2.05, 4.69) is 20.4 Å². The molecule has 7 nitrogen and oxygen atoms in total. The summed E-state index contributed by atoms with van der Waals surface area (Å²) in [6.45, 7) is 6.31. The number of ether oxygens (including phenoxy) is 1. The van der Waals surface area contributed by atoms with E-state index in [1.165, 1.54) is 17.8 Å². The van der Waals surface area contributed by atoms with E-state index in [1.54, 1.807) is 28.8 Å². The molecule has 1 amide bonds. The summed E-state index contributed by atoms with van der Waals surface area (Å²) in [5, 5.41) is 7.81. The van der Waals surface area contributed by atoms with Gasteiger partial charge in [0.05, 0.1) is 12.4 Å². The summed E-state index contributed by atoms with van der Waals surface area (Å²) in [6.07, 6.45) is 0.417. The molecule has 0 atom stereocenters. The molecule has 4 rings (SSSR count). The van der Waals surface area contributed by atoms with Crippen molar-refractivity contribution in [1.29, 1.82) is 0 Å². The molecule has 2 aromatic carbocycles. The number of rotatable bonds is 8. The Kier molecular flexibility index (Phi) is 6.88. The van der Waals surface area contributed by atoms with Crippen LogP contribution in [0.2, 0.25) is 0 Å². The summed E-state index contributed by atoms with van der Waals surface area (Å²) < 4.78 is 21.2. The van der Waals surface area contributed by atoms with Gasteiger partial charge in [0.25, 0.3) is 5.78 Å². The van der Waals surface area contributed by atoms with Crippen LogP contribution in [-0.2, 0) is 11.2 Å². The SMILES string of the molecule is CCOc1ccc(NC(=O)CSc2nc3nc(C)c(Cc4ccccc4F)c(C)n3n2)cc1. The number of aromatic nitrogens is 4. The lowest BCUT2D eigenvalue weighted by Gasteiger charge is -2.10. The highest BCUT2D eigenvalue weighted by Gasteiger charge is 2.16. The van der Waals surface area contributed by atoms with E-state index < -0.39 is 0 Å². The lowest BCUT2D eigenvalue weighted by Crippen LogP contribution is -2.14. The van der Waals surface area contributed by atoms with Crippen molar-refractivity contribution in [3.8, 4) is 5.75 Å². The lowest BCUT2D eigenvalue weighted by molar-refractivity contribution is -0.113. The van der Waals surface area contributed by atoms with Crippen molar-refractivity contribution in [3.05, 3.63) is 76.9 Å². The third-order valence-corrected chi connectivity index (χ3v) is 5.97. The van der Waals surface area contributed by atoms with E-state index in [1.807, 2.05) is 39.0 Å². The third kappa shape index (κ3) is 5.31. The minimum Gasteiger partial charge on any atom is -0.494 e. The molecule has 0 spiro atoms. The smallest absolute Gasteiger partial charge is 0.253 e. The van der Waals surface area contributed by atoms with Crippen molar-refractivity contribution < 1.29 is 13.9 Å². The number of halogens is 1. The Morgan fingerprint density at radius 2 is 1.88 bits per heavy atom. The third-order valence-electron chi connectivity index (χ3n) is 5.14. The molecule has 9 heteroatoms. The molecule has 0 saturated heterocycles. The van der Waals surface area contributed by atoms with Crippen LogP contribution in [0.3, 0.4) is 0 Å². The average Bonchev–Trinajstić information content (AvgIpc) is 3.21. The van der Waals surface area contributed by atoms with Gasteiger partial charge in [-0.2, -0.15) is 4.98 Å². The number of fused-ring (bicyclic) bond motifs is 1. The molecule has 0 aliphatic rings. The maximum Gasteiger partial charge on any atom is 0.253 e. The van der Waals surface area contributed by atoms with Gasteiger partial charge in [-0.05, 0) is 62.2 Å². The Balaban J connectivity index is 1.45. The number of anilines is 1. The molecule has 2 heterocycles. The molecule has 1 N–H and O–H groups in total. The van der Waals surface area contributed by atoms with Crippen LogP contribution in [-0.4, -0.2) is 37.8 Å². The van der Waals surface area contributed by atoms with Crippen LogP contribution in [0.4, 0.5) is 10.1 Å². The average molecular weight is 466 g/mol. The summed E-state index contributed by atoms with van der Waals surface area (Å²) in [7, 11) is 0. The van der Waals surface area contributed by atoms with Gasteiger partial charge >= 0.3 is 0 Å². The standard InChI is InChI=1S/C24H24FN5O2S/c1-4-32-19-11-9-18(10-12-19)27-22(31)14-33-24-28-23-26-15(2)20(16(3)30(23)29-24)13-17-7-5-6-8-21(17)25/h5-12H,4,13-14H2,1-3H3,(H,27,31). The fourth-order valence-electron chi connectivity index (χ4n) is 3.47. The van der Waals surface area contributed by atoms with Crippen LogP contribution >= 0.6 is 11.8 Å². The number of benzene rings is 2. The molecule has 0 fully saturated rings. The summed E-state index contributed by atoms with van der Waals surface area (Å²) in [6, 6.07) is 13.9. The zero-order valence-corrected chi connectivity index (χ0v) is 19.4. The molecule has 0 aliphatic carbocycles. The van der Waals surface area contributed by atoms with Gasteiger partial charge in [-0.1, -0.05) is 30.0 Å².